The lowest BCUT2D eigenvalue weighted by atomic mass is 9.92. The van der Waals surface area contributed by atoms with Gasteiger partial charge in [0.2, 0.25) is 0 Å². The van der Waals surface area contributed by atoms with Gasteiger partial charge in [-0.2, -0.15) is 0 Å². The Balaban J connectivity index is 1.98. The number of ether oxygens (including phenoxy) is 1. The summed E-state index contributed by atoms with van der Waals surface area (Å²) in [6, 6.07) is 0.687. The average molecular weight is 312 g/mol. The third kappa shape index (κ3) is 4.59. The summed E-state index contributed by atoms with van der Waals surface area (Å²) in [7, 11) is 0. The number of carbonyl (C=O) groups excluding carboxylic acids is 1. The molecule has 0 aromatic carbocycles. The Morgan fingerprint density at radius 3 is 2.68 bits per heavy atom. The Labute approximate surface area is 134 Å². The number of aliphatic hydroxyl groups is 1. The average Bonchev–Trinajstić information content (AvgIpc) is 3.02. The fourth-order valence-corrected chi connectivity index (χ4v) is 3.81. The second kappa shape index (κ2) is 7.18. The molecule has 0 aromatic rings. The molecule has 2 N–H and O–H groups in total. The van der Waals surface area contributed by atoms with Crippen LogP contribution in [0.5, 0.6) is 0 Å². The number of carbonyl (C=O) groups is 1. The number of hydrogen-bond donors (Lipinski definition) is 2. The van der Waals surface area contributed by atoms with Gasteiger partial charge in [0.1, 0.15) is 5.60 Å². The highest BCUT2D eigenvalue weighted by Gasteiger charge is 2.41. The van der Waals surface area contributed by atoms with Crippen LogP contribution in [0.4, 0.5) is 4.79 Å². The third-order valence-corrected chi connectivity index (χ3v) is 4.67. The molecule has 1 saturated carbocycles. The van der Waals surface area contributed by atoms with E-state index in [2.05, 4.69) is 5.32 Å². The summed E-state index contributed by atoms with van der Waals surface area (Å²) in [6.45, 7) is 8.98. The molecule has 0 unspecified atom stereocenters. The van der Waals surface area contributed by atoms with Crippen molar-refractivity contribution < 1.29 is 14.6 Å². The second-order valence-corrected chi connectivity index (χ2v) is 7.84. The first kappa shape index (κ1) is 17.5. The first-order valence-electron chi connectivity index (χ1n) is 8.69. The van der Waals surface area contributed by atoms with Gasteiger partial charge in [-0.25, -0.2) is 4.79 Å². The Kier molecular flexibility index (Phi) is 5.72. The number of likely N-dealkylation sites (tertiary alicyclic amines) is 1. The van der Waals surface area contributed by atoms with E-state index in [0.717, 1.165) is 32.2 Å². The van der Waals surface area contributed by atoms with Crippen LogP contribution in [0, 0.1) is 5.92 Å². The van der Waals surface area contributed by atoms with Crippen molar-refractivity contribution in [2.24, 2.45) is 5.92 Å². The summed E-state index contributed by atoms with van der Waals surface area (Å²) in [4.78, 5) is 14.4. The normalized spacial score (nSPS) is 30.6. The summed E-state index contributed by atoms with van der Waals surface area (Å²) >= 11 is 0. The maximum atomic E-state index is 12.4. The highest BCUT2D eigenvalue weighted by molar-refractivity contribution is 5.69. The minimum Gasteiger partial charge on any atom is -0.444 e. The lowest BCUT2D eigenvalue weighted by Crippen LogP contribution is -2.48. The predicted octanol–water partition coefficient (Wildman–Crippen LogP) is 2.53. The summed E-state index contributed by atoms with van der Waals surface area (Å²) in [6.07, 6.45) is 5.11. The van der Waals surface area contributed by atoms with Gasteiger partial charge in [0.25, 0.3) is 0 Å². The van der Waals surface area contributed by atoms with Crippen molar-refractivity contribution in [1.82, 2.24) is 10.2 Å². The molecule has 0 radical (unpaired) electrons. The van der Waals surface area contributed by atoms with E-state index < -0.39 is 5.60 Å². The van der Waals surface area contributed by atoms with Crippen LogP contribution in [0.2, 0.25) is 0 Å². The van der Waals surface area contributed by atoms with Gasteiger partial charge in [-0.05, 0) is 59.3 Å². The second-order valence-electron chi connectivity index (χ2n) is 7.84. The molecule has 2 aliphatic rings. The van der Waals surface area contributed by atoms with Gasteiger partial charge < -0.3 is 20.1 Å². The quantitative estimate of drug-likeness (QED) is 0.837. The first-order valence-corrected chi connectivity index (χ1v) is 8.69. The Hall–Kier alpha value is -0.810. The summed E-state index contributed by atoms with van der Waals surface area (Å²) in [5.41, 5.74) is -0.441. The molecule has 1 heterocycles. The minimum atomic E-state index is -0.441. The van der Waals surface area contributed by atoms with Crippen molar-refractivity contribution in [2.75, 3.05) is 13.1 Å². The predicted molar refractivity (Wildman–Crippen MR) is 86.8 cm³/mol. The number of rotatable bonds is 4. The molecule has 2 rings (SSSR count). The number of hydrogen-bond acceptors (Lipinski definition) is 4. The van der Waals surface area contributed by atoms with E-state index in [-0.39, 0.29) is 18.2 Å². The van der Waals surface area contributed by atoms with E-state index in [0.29, 0.717) is 18.5 Å². The van der Waals surface area contributed by atoms with E-state index in [1.807, 2.05) is 25.7 Å². The molecule has 0 aromatic heterocycles. The molecule has 22 heavy (non-hydrogen) atoms. The van der Waals surface area contributed by atoms with Gasteiger partial charge in [0.05, 0.1) is 6.10 Å². The van der Waals surface area contributed by atoms with Gasteiger partial charge in [-0.3, -0.25) is 0 Å². The zero-order chi connectivity index (χ0) is 16.3. The molecule has 5 heteroatoms. The highest BCUT2D eigenvalue weighted by Crippen LogP contribution is 2.36. The zero-order valence-electron chi connectivity index (χ0n) is 14.5. The third-order valence-electron chi connectivity index (χ3n) is 4.67. The van der Waals surface area contributed by atoms with Gasteiger partial charge >= 0.3 is 6.09 Å². The van der Waals surface area contributed by atoms with Crippen LogP contribution in [0.3, 0.4) is 0 Å². The minimum absolute atomic E-state index is 0.170. The van der Waals surface area contributed by atoms with Crippen molar-refractivity contribution in [2.45, 2.75) is 83.6 Å². The van der Waals surface area contributed by atoms with Crippen molar-refractivity contribution in [3.8, 4) is 0 Å². The topological polar surface area (TPSA) is 61.8 Å². The van der Waals surface area contributed by atoms with E-state index in [1.165, 1.54) is 6.42 Å². The number of aliphatic hydroxyl groups excluding tert-OH is 1. The maximum Gasteiger partial charge on any atom is 0.410 e. The van der Waals surface area contributed by atoms with Crippen molar-refractivity contribution in [3.63, 3.8) is 0 Å². The largest absolute Gasteiger partial charge is 0.444 e. The van der Waals surface area contributed by atoms with Gasteiger partial charge in [0.15, 0.2) is 0 Å². The van der Waals surface area contributed by atoms with E-state index in [9.17, 15) is 9.90 Å². The van der Waals surface area contributed by atoms with Crippen LogP contribution < -0.4 is 5.32 Å². The fraction of sp³-hybridized carbons (Fsp3) is 0.941. The van der Waals surface area contributed by atoms with Crippen molar-refractivity contribution >= 4 is 6.09 Å². The molecule has 1 amide bonds. The van der Waals surface area contributed by atoms with Crippen LogP contribution in [0.15, 0.2) is 0 Å². The Morgan fingerprint density at radius 2 is 2.05 bits per heavy atom. The molecule has 2 fully saturated rings. The molecule has 1 aliphatic carbocycles. The molecule has 4 atom stereocenters. The Bertz CT molecular complexity index is 379. The van der Waals surface area contributed by atoms with Crippen molar-refractivity contribution in [1.29, 1.82) is 0 Å². The SMILES string of the molecule is C[C@@H](O)CN[C@@H]1CCC[C@@H]1[C@H]1CCCN1C(=O)OC(C)(C)C. The van der Waals surface area contributed by atoms with Crippen LogP contribution in [-0.2, 0) is 4.74 Å². The zero-order valence-corrected chi connectivity index (χ0v) is 14.5. The van der Waals surface area contributed by atoms with Crippen molar-refractivity contribution in [3.05, 3.63) is 0 Å². The molecule has 128 valence electrons. The smallest absolute Gasteiger partial charge is 0.410 e. The maximum absolute atomic E-state index is 12.4. The van der Waals surface area contributed by atoms with Crippen LogP contribution in [-0.4, -0.2) is 53.0 Å². The molecule has 1 saturated heterocycles. The first-order chi connectivity index (χ1) is 10.3. The molecule has 0 spiro atoms. The molecule has 0 bridgehead atoms. The van der Waals surface area contributed by atoms with Crippen LogP contribution in [0.25, 0.3) is 0 Å². The molecule has 5 nitrogen and oxygen atoms in total. The van der Waals surface area contributed by atoms with Crippen LogP contribution >= 0.6 is 0 Å². The molecular weight excluding hydrogens is 280 g/mol. The summed E-state index contributed by atoms with van der Waals surface area (Å²) in [5.74, 6) is 0.480. The molecule has 1 aliphatic heterocycles. The van der Waals surface area contributed by atoms with Gasteiger partial charge in [0, 0.05) is 25.2 Å². The Morgan fingerprint density at radius 1 is 1.32 bits per heavy atom. The lowest BCUT2D eigenvalue weighted by molar-refractivity contribution is 0.0164. The summed E-state index contributed by atoms with van der Waals surface area (Å²) in [5, 5.41) is 13.0. The molecular formula is C17H32N2O3. The van der Waals surface area contributed by atoms with E-state index in [1.54, 1.807) is 6.92 Å². The number of nitrogens with one attached hydrogen (secondary N) is 1. The standard InChI is InChI=1S/C17H32N2O3/c1-12(20)11-18-14-8-5-7-13(14)15-9-6-10-19(15)16(21)22-17(2,3)4/h12-15,18,20H,5-11H2,1-4H3/t12-,13+,14-,15-/m1/s1. The number of nitrogens with zero attached hydrogens (tertiary/aromatic N) is 1. The highest BCUT2D eigenvalue weighted by atomic mass is 16.6. The van der Waals surface area contributed by atoms with Gasteiger partial charge in [-0.1, -0.05) is 6.42 Å². The fourth-order valence-electron chi connectivity index (χ4n) is 3.81. The lowest BCUT2D eigenvalue weighted by Gasteiger charge is -2.34. The van der Waals surface area contributed by atoms with E-state index in [4.69, 9.17) is 4.74 Å². The monoisotopic (exact) mass is 312 g/mol. The summed E-state index contributed by atoms with van der Waals surface area (Å²) < 4.78 is 5.57. The van der Waals surface area contributed by atoms with Crippen LogP contribution in [0.1, 0.15) is 59.8 Å². The van der Waals surface area contributed by atoms with Gasteiger partial charge in [-0.15, -0.1) is 0 Å². The van der Waals surface area contributed by atoms with E-state index >= 15 is 0 Å². The number of amides is 1.